The summed E-state index contributed by atoms with van der Waals surface area (Å²) in [7, 11) is -3.50. The summed E-state index contributed by atoms with van der Waals surface area (Å²) in [5, 5.41) is 0.0823. The molecule has 0 saturated heterocycles. The number of rotatable bonds is 4. The highest BCUT2D eigenvalue weighted by Crippen LogP contribution is 2.34. The number of nitrogens with zero attached hydrogens (tertiary/aromatic N) is 1. The van der Waals surface area contributed by atoms with Gasteiger partial charge in [0.05, 0.1) is 12.5 Å². The second-order valence-electron chi connectivity index (χ2n) is 3.79. The number of aromatic nitrogens is 2. The van der Waals surface area contributed by atoms with Crippen LogP contribution in [0.4, 0.5) is 0 Å². The lowest BCUT2D eigenvalue weighted by Gasteiger charge is -2.40. The molecule has 5 nitrogen and oxygen atoms in total. The summed E-state index contributed by atoms with van der Waals surface area (Å²) < 4.78 is 26.3. The van der Waals surface area contributed by atoms with Crippen LogP contribution in [0.2, 0.25) is 0 Å². The summed E-state index contributed by atoms with van der Waals surface area (Å²) in [6.45, 7) is 0. The molecule has 2 rings (SSSR count). The van der Waals surface area contributed by atoms with Crippen molar-refractivity contribution in [1.82, 2.24) is 14.7 Å². The molecule has 1 heterocycles. The molecule has 0 radical (unpaired) electrons. The third-order valence-electron chi connectivity index (χ3n) is 2.68. The summed E-state index contributed by atoms with van der Waals surface area (Å²) in [4.78, 5) is 6.25. The Bertz CT molecular complexity index is 419. The van der Waals surface area contributed by atoms with Crippen molar-refractivity contribution < 1.29 is 8.42 Å². The molecule has 1 fully saturated rings. The van der Waals surface area contributed by atoms with E-state index in [2.05, 4.69) is 14.7 Å². The molecule has 1 saturated carbocycles. The molecule has 0 spiro atoms. The van der Waals surface area contributed by atoms with Gasteiger partial charge in [-0.1, -0.05) is 0 Å². The summed E-state index contributed by atoms with van der Waals surface area (Å²) in [5.74, 6) is 0.306. The van der Waals surface area contributed by atoms with Crippen LogP contribution in [0.15, 0.2) is 17.6 Å². The average molecular weight is 250 g/mol. The van der Waals surface area contributed by atoms with Gasteiger partial charge in [0.1, 0.15) is 0 Å². The lowest BCUT2D eigenvalue weighted by atomic mass is 9.79. The molecule has 1 aromatic rings. The van der Waals surface area contributed by atoms with E-state index in [9.17, 15) is 8.42 Å². The molecular weight excluding hydrogens is 238 g/mol. The topological polar surface area (TPSA) is 74.8 Å². The molecular formula is C8H12ClN3O2S. The Morgan fingerprint density at radius 3 is 2.73 bits per heavy atom. The van der Waals surface area contributed by atoms with E-state index in [1.54, 1.807) is 0 Å². The van der Waals surface area contributed by atoms with Gasteiger partial charge in [0.2, 0.25) is 0 Å². The third kappa shape index (κ3) is 2.02. The van der Waals surface area contributed by atoms with Crippen LogP contribution >= 0.6 is 11.6 Å². The van der Waals surface area contributed by atoms with E-state index in [1.165, 1.54) is 12.5 Å². The number of H-pyrrole nitrogens is 1. The maximum atomic E-state index is 11.8. The smallest absolute Gasteiger partial charge is 0.258 e. The standard InChI is InChI=1S/C8H12ClN3O2S/c9-5-8(2-1-3-8)12-15(13,14)7-4-10-6-11-7/h4,6,12H,1-3,5H2,(H,10,11). The van der Waals surface area contributed by atoms with Crippen molar-refractivity contribution in [3.05, 3.63) is 12.5 Å². The SMILES string of the molecule is O=S(=O)(NC1(CCl)CCC1)c1cnc[nH]1. The van der Waals surface area contributed by atoms with Crippen molar-refractivity contribution in [2.24, 2.45) is 0 Å². The molecule has 0 aromatic carbocycles. The van der Waals surface area contributed by atoms with Gasteiger partial charge in [-0.25, -0.2) is 18.1 Å². The second-order valence-corrected chi connectivity index (χ2v) is 5.71. The van der Waals surface area contributed by atoms with E-state index >= 15 is 0 Å². The van der Waals surface area contributed by atoms with Gasteiger partial charge in [0, 0.05) is 11.4 Å². The Morgan fingerprint density at radius 2 is 2.33 bits per heavy atom. The summed E-state index contributed by atoms with van der Waals surface area (Å²) >= 11 is 5.77. The highest BCUT2D eigenvalue weighted by Gasteiger charge is 2.40. The zero-order chi connectivity index (χ0) is 10.9. The Balaban J connectivity index is 2.18. The van der Waals surface area contributed by atoms with Gasteiger partial charge in [-0.05, 0) is 19.3 Å². The minimum atomic E-state index is -3.50. The van der Waals surface area contributed by atoms with Crippen LogP contribution in [0, 0.1) is 0 Å². The minimum absolute atomic E-state index is 0.0823. The fraction of sp³-hybridized carbons (Fsp3) is 0.625. The van der Waals surface area contributed by atoms with Gasteiger partial charge in [-0.3, -0.25) is 0 Å². The molecule has 0 amide bonds. The van der Waals surface area contributed by atoms with Gasteiger partial charge in [-0.2, -0.15) is 0 Å². The van der Waals surface area contributed by atoms with Crippen molar-refractivity contribution in [1.29, 1.82) is 0 Å². The Kier molecular flexibility index (Phi) is 2.74. The monoisotopic (exact) mass is 249 g/mol. The lowest BCUT2D eigenvalue weighted by Crippen LogP contribution is -2.54. The molecule has 1 aliphatic rings. The molecule has 0 atom stereocenters. The van der Waals surface area contributed by atoms with Gasteiger partial charge in [0.15, 0.2) is 5.03 Å². The van der Waals surface area contributed by atoms with Crippen LogP contribution < -0.4 is 4.72 Å². The summed E-state index contributed by atoms with van der Waals surface area (Å²) in [5.41, 5.74) is -0.453. The van der Waals surface area contributed by atoms with Crippen molar-refractivity contribution >= 4 is 21.6 Å². The second kappa shape index (κ2) is 3.77. The minimum Gasteiger partial charge on any atom is -0.335 e. The third-order valence-corrected chi connectivity index (χ3v) is 4.70. The van der Waals surface area contributed by atoms with Crippen molar-refractivity contribution in [2.45, 2.75) is 29.8 Å². The highest BCUT2D eigenvalue weighted by atomic mass is 35.5. The molecule has 84 valence electrons. The number of aromatic amines is 1. The number of sulfonamides is 1. The Hall–Kier alpha value is -0.590. The van der Waals surface area contributed by atoms with Crippen molar-refractivity contribution in [2.75, 3.05) is 5.88 Å². The summed E-state index contributed by atoms with van der Waals surface area (Å²) in [6, 6.07) is 0. The van der Waals surface area contributed by atoms with Gasteiger partial charge >= 0.3 is 0 Å². The predicted octanol–water partition coefficient (Wildman–Crippen LogP) is 0.849. The predicted molar refractivity (Wildman–Crippen MR) is 56.2 cm³/mol. The average Bonchev–Trinajstić information content (AvgIpc) is 2.64. The number of imidazole rings is 1. The van der Waals surface area contributed by atoms with E-state index in [-0.39, 0.29) is 5.03 Å². The first-order chi connectivity index (χ1) is 7.08. The van der Waals surface area contributed by atoms with Crippen LogP contribution in [0.5, 0.6) is 0 Å². The van der Waals surface area contributed by atoms with Gasteiger partial charge in [-0.15, -0.1) is 11.6 Å². The van der Waals surface area contributed by atoms with Gasteiger partial charge in [0.25, 0.3) is 10.0 Å². The number of hydrogen-bond acceptors (Lipinski definition) is 3. The van der Waals surface area contributed by atoms with Crippen LogP contribution in [-0.2, 0) is 10.0 Å². The number of hydrogen-bond donors (Lipinski definition) is 2. The molecule has 7 heteroatoms. The molecule has 0 bridgehead atoms. The fourth-order valence-electron chi connectivity index (χ4n) is 1.60. The van der Waals surface area contributed by atoms with E-state index in [0.717, 1.165) is 19.3 Å². The molecule has 15 heavy (non-hydrogen) atoms. The molecule has 0 aliphatic heterocycles. The number of nitrogens with one attached hydrogen (secondary N) is 2. The maximum absolute atomic E-state index is 11.8. The highest BCUT2D eigenvalue weighted by molar-refractivity contribution is 7.89. The first-order valence-corrected chi connectivity index (χ1v) is 6.68. The molecule has 0 unspecified atom stereocenters. The first kappa shape index (κ1) is 10.9. The Morgan fingerprint density at radius 1 is 1.60 bits per heavy atom. The Labute approximate surface area is 93.3 Å². The first-order valence-electron chi connectivity index (χ1n) is 4.66. The maximum Gasteiger partial charge on any atom is 0.258 e. The van der Waals surface area contributed by atoms with E-state index in [0.29, 0.717) is 5.88 Å². The number of alkyl halides is 1. The molecule has 1 aliphatic carbocycles. The zero-order valence-corrected chi connectivity index (χ0v) is 9.61. The van der Waals surface area contributed by atoms with Crippen molar-refractivity contribution in [3.63, 3.8) is 0 Å². The van der Waals surface area contributed by atoms with Crippen LogP contribution in [-0.4, -0.2) is 29.8 Å². The normalized spacial score (nSPS) is 19.8. The molecule has 1 aromatic heterocycles. The number of halogens is 1. The quantitative estimate of drug-likeness (QED) is 0.777. The van der Waals surface area contributed by atoms with E-state index in [4.69, 9.17) is 11.6 Å². The van der Waals surface area contributed by atoms with Crippen LogP contribution in [0.1, 0.15) is 19.3 Å². The van der Waals surface area contributed by atoms with Crippen LogP contribution in [0.3, 0.4) is 0 Å². The van der Waals surface area contributed by atoms with Crippen molar-refractivity contribution in [3.8, 4) is 0 Å². The largest absolute Gasteiger partial charge is 0.335 e. The van der Waals surface area contributed by atoms with Crippen LogP contribution in [0.25, 0.3) is 0 Å². The van der Waals surface area contributed by atoms with E-state index in [1.807, 2.05) is 0 Å². The molecule has 2 N–H and O–H groups in total. The fourth-order valence-corrected chi connectivity index (χ4v) is 3.37. The summed E-state index contributed by atoms with van der Waals surface area (Å²) in [6.07, 6.45) is 5.22. The lowest BCUT2D eigenvalue weighted by molar-refractivity contribution is 0.252. The van der Waals surface area contributed by atoms with Gasteiger partial charge < -0.3 is 4.98 Å². The zero-order valence-electron chi connectivity index (χ0n) is 8.03. The van der Waals surface area contributed by atoms with E-state index < -0.39 is 15.6 Å².